The Balaban J connectivity index is 2.86. The first kappa shape index (κ1) is 9.90. The van der Waals surface area contributed by atoms with Crippen LogP contribution in [0, 0.1) is 5.82 Å². The van der Waals surface area contributed by atoms with Gasteiger partial charge < -0.3 is 0 Å². The SMILES string of the molecule is CCCCc1ccc(F)cc1C=O. The molecule has 0 N–H and O–H groups in total. The molecule has 0 fully saturated rings. The second-order valence-corrected chi connectivity index (χ2v) is 3.06. The number of aryl methyl sites for hydroxylation is 1. The van der Waals surface area contributed by atoms with Crippen molar-refractivity contribution in [2.45, 2.75) is 26.2 Å². The molecule has 0 aromatic heterocycles. The van der Waals surface area contributed by atoms with E-state index >= 15 is 0 Å². The number of halogens is 1. The zero-order valence-corrected chi connectivity index (χ0v) is 7.72. The lowest BCUT2D eigenvalue weighted by molar-refractivity contribution is 0.112. The lowest BCUT2D eigenvalue weighted by Crippen LogP contribution is -1.93. The van der Waals surface area contributed by atoms with E-state index in [1.165, 1.54) is 12.1 Å². The molecular weight excluding hydrogens is 167 g/mol. The number of hydrogen-bond donors (Lipinski definition) is 0. The molecule has 0 radical (unpaired) electrons. The number of carbonyl (C=O) groups excluding carboxylic acids is 1. The molecule has 0 aliphatic carbocycles. The van der Waals surface area contributed by atoms with E-state index < -0.39 is 0 Å². The van der Waals surface area contributed by atoms with Crippen LogP contribution in [0.1, 0.15) is 35.7 Å². The van der Waals surface area contributed by atoms with E-state index in [0.29, 0.717) is 11.8 Å². The zero-order chi connectivity index (χ0) is 9.68. The third-order valence-electron chi connectivity index (χ3n) is 2.03. The van der Waals surface area contributed by atoms with Crippen molar-refractivity contribution in [3.63, 3.8) is 0 Å². The van der Waals surface area contributed by atoms with Crippen molar-refractivity contribution >= 4 is 6.29 Å². The van der Waals surface area contributed by atoms with Gasteiger partial charge in [0.15, 0.2) is 0 Å². The summed E-state index contributed by atoms with van der Waals surface area (Å²) in [6.07, 6.45) is 3.68. The van der Waals surface area contributed by atoms with Crippen LogP contribution in [0.2, 0.25) is 0 Å². The standard InChI is InChI=1S/C11H13FO/c1-2-3-4-9-5-6-11(12)7-10(9)8-13/h5-8H,2-4H2,1H3. The van der Waals surface area contributed by atoms with Crippen molar-refractivity contribution in [3.05, 3.63) is 35.1 Å². The van der Waals surface area contributed by atoms with Crippen molar-refractivity contribution < 1.29 is 9.18 Å². The quantitative estimate of drug-likeness (QED) is 0.651. The largest absolute Gasteiger partial charge is 0.298 e. The fraction of sp³-hybridized carbons (Fsp3) is 0.364. The summed E-state index contributed by atoms with van der Waals surface area (Å²) in [5, 5.41) is 0. The van der Waals surface area contributed by atoms with Crippen LogP contribution >= 0.6 is 0 Å². The summed E-state index contributed by atoms with van der Waals surface area (Å²) in [6, 6.07) is 4.38. The molecule has 70 valence electrons. The van der Waals surface area contributed by atoms with Crippen LogP contribution in [0.25, 0.3) is 0 Å². The molecule has 1 rings (SSSR count). The van der Waals surface area contributed by atoms with Gasteiger partial charge in [-0.05, 0) is 30.5 Å². The highest BCUT2D eigenvalue weighted by Crippen LogP contribution is 2.12. The second-order valence-electron chi connectivity index (χ2n) is 3.06. The number of unbranched alkanes of at least 4 members (excludes halogenated alkanes) is 1. The van der Waals surface area contributed by atoms with Crippen molar-refractivity contribution in [1.82, 2.24) is 0 Å². The normalized spacial score (nSPS) is 10.0. The fourth-order valence-electron chi connectivity index (χ4n) is 1.27. The van der Waals surface area contributed by atoms with Crippen molar-refractivity contribution in [3.8, 4) is 0 Å². The Labute approximate surface area is 77.6 Å². The lowest BCUT2D eigenvalue weighted by Gasteiger charge is -2.02. The van der Waals surface area contributed by atoms with Crippen molar-refractivity contribution in [1.29, 1.82) is 0 Å². The molecule has 1 nitrogen and oxygen atoms in total. The molecule has 0 unspecified atom stereocenters. The van der Waals surface area contributed by atoms with Gasteiger partial charge in [0.1, 0.15) is 12.1 Å². The Kier molecular flexibility index (Phi) is 3.62. The second kappa shape index (κ2) is 4.75. The first-order valence-corrected chi connectivity index (χ1v) is 4.51. The predicted octanol–water partition coefficient (Wildman–Crippen LogP) is 2.98. The van der Waals surface area contributed by atoms with E-state index in [1.807, 2.05) is 0 Å². The highest BCUT2D eigenvalue weighted by Gasteiger charge is 2.02. The highest BCUT2D eigenvalue weighted by atomic mass is 19.1. The van der Waals surface area contributed by atoms with Crippen LogP contribution in [0.5, 0.6) is 0 Å². The maximum Gasteiger partial charge on any atom is 0.150 e. The summed E-state index contributed by atoms with van der Waals surface area (Å²) >= 11 is 0. The zero-order valence-electron chi connectivity index (χ0n) is 7.72. The van der Waals surface area contributed by atoms with Gasteiger partial charge in [-0.25, -0.2) is 4.39 Å². The Morgan fingerprint density at radius 3 is 2.85 bits per heavy atom. The molecule has 0 spiro atoms. The Bertz CT molecular complexity index is 294. The topological polar surface area (TPSA) is 17.1 Å². The third-order valence-corrected chi connectivity index (χ3v) is 2.03. The van der Waals surface area contributed by atoms with Gasteiger partial charge in [0.05, 0.1) is 0 Å². The minimum atomic E-state index is -0.345. The average molecular weight is 180 g/mol. The Morgan fingerprint density at radius 1 is 1.46 bits per heavy atom. The smallest absolute Gasteiger partial charge is 0.150 e. The molecule has 0 saturated carbocycles. The maximum atomic E-state index is 12.7. The van der Waals surface area contributed by atoms with E-state index in [-0.39, 0.29) is 5.82 Å². The van der Waals surface area contributed by atoms with Gasteiger partial charge in [-0.1, -0.05) is 19.4 Å². The molecular formula is C11H13FO. The molecule has 13 heavy (non-hydrogen) atoms. The monoisotopic (exact) mass is 180 g/mol. The molecule has 1 aromatic rings. The minimum Gasteiger partial charge on any atom is -0.298 e. The predicted molar refractivity (Wildman–Crippen MR) is 50.4 cm³/mol. The summed E-state index contributed by atoms with van der Waals surface area (Å²) in [5.41, 5.74) is 1.42. The third kappa shape index (κ3) is 2.65. The summed E-state index contributed by atoms with van der Waals surface area (Å²) in [7, 11) is 0. The Morgan fingerprint density at radius 2 is 2.23 bits per heavy atom. The van der Waals surface area contributed by atoms with E-state index in [1.54, 1.807) is 6.07 Å². The van der Waals surface area contributed by atoms with Gasteiger partial charge in [0.25, 0.3) is 0 Å². The number of rotatable bonds is 4. The van der Waals surface area contributed by atoms with Gasteiger partial charge in [-0.15, -0.1) is 0 Å². The molecule has 0 atom stereocenters. The molecule has 1 aromatic carbocycles. The summed E-state index contributed by atoms with van der Waals surface area (Å²) in [6.45, 7) is 2.09. The average Bonchev–Trinajstić information content (AvgIpc) is 2.16. The molecule has 0 aliphatic rings. The number of aldehydes is 1. The van der Waals surface area contributed by atoms with Crippen molar-refractivity contribution in [2.75, 3.05) is 0 Å². The van der Waals surface area contributed by atoms with Gasteiger partial charge in [-0.3, -0.25) is 4.79 Å². The summed E-state index contributed by atoms with van der Waals surface area (Å²) in [4.78, 5) is 10.6. The first-order valence-electron chi connectivity index (χ1n) is 4.51. The van der Waals surface area contributed by atoms with Crippen LogP contribution in [0.3, 0.4) is 0 Å². The summed E-state index contributed by atoms with van der Waals surface area (Å²) < 4.78 is 12.7. The van der Waals surface area contributed by atoms with Gasteiger partial charge in [-0.2, -0.15) is 0 Å². The maximum absolute atomic E-state index is 12.7. The van der Waals surface area contributed by atoms with Gasteiger partial charge in [0, 0.05) is 5.56 Å². The van der Waals surface area contributed by atoms with E-state index in [4.69, 9.17) is 0 Å². The molecule has 0 heterocycles. The van der Waals surface area contributed by atoms with Gasteiger partial charge >= 0.3 is 0 Å². The molecule has 0 saturated heterocycles. The van der Waals surface area contributed by atoms with Crippen molar-refractivity contribution in [2.24, 2.45) is 0 Å². The van der Waals surface area contributed by atoms with Crippen LogP contribution < -0.4 is 0 Å². The van der Waals surface area contributed by atoms with Crippen LogP contribution in [-0.4, -0.2) is 6.29 Å². The Hall–Kier alpha value is -1.18. The van der Waals surface area contributed by atoms with Crippen LogP contribution in [-0.2, 0) is 6.42 Å². The molecule has 0 aliphatic heterocycles. The van der Waals surface area contributed by atoms with Gasteiger partial charge in [0.2, 0.25) is 0 Å². The molecule has 0 bridgehead atoms. The fourth-order valence-corrected chi connectivity index (χ4v) is 1.27. The number of hydrogen-bond acceptors (Lipinski definition) is 1. The number of benzene rings is 1. The first-order chi connectivity index (χ1) is 6.27. The molecule has 0 amide bonds. The molecule has 2 heteroatoms. The van der Waals surface area contributed by atoms with Crippen LogP contribution in [0.4, 0.5) is 4.39 Å². The van der Waals surface area contributed by atoms with Crippen LogP contribution in [0.15, 0.2) is 18.2 Å². The summed E-state index contributed by atoms with van der Waals surface area (Å²) in [5.74, 6) is -0.345. The van der Waals surface area contributed by atoms with E-state index in [9.17, 15) is 9.18 Å². The minimum absolute atomic E-state index is 0.345. The highest BCUT2D eigenvalue weighted by molar-refractivity contribution is 5.77. The van der Waals surface area contributed by atoms with E-state index in [2.05, 4.69) is 6.92 Å². The number of carbonyl (C=O) groups is 1. The lowest BCUT2D eigenvalue weighted by atomic mass is 10.0. The van der Waals surface area contributed by atoms with E-state index in [0.717, 1.165) is 24.8 Å².